The number of nitrogens with zero attached hydrogens (tertiary/aromatic N) is 1. The van der Waals surface area contributed by atoms with E-state index < -0.39 is 116 Å². The first-order valence-electron chi connectivity index (χ1n) is 17.8. The van der Waals surface area contributed by atoms with Gasteiger partial charge in [-0.15, -0.1) is 0 Å². The maximum atomic E-state index is 13.3. The highest BCUT2D eigenvalue weighted by molar-refractivity contribution is 5.76. The highest BCUT2D eigenvalue weighted by Gasteiger charge is 2.41. The molecule has 0 saturated carbocycles. The normalized spacial score (nSPS) is 45.2. The fourth-order valence-electron chi connectivity index (χ4n) is 2.90. The highest BCUT2D eigenvalue weighted by Crippen LogP contribution is 2.44. The van der Waals surface area contributed by atoms with Crippen LogP contribution in [0, 0.1) is 17.7 Å². The van der Waals surface area contributed by atoms with Crippen LogP contribution >= 0.6 is 0 Å². The van der Waals surface area contributed by atoms with Crippen LogP contribution in [0.4, 0.5) is 0 Å². The first kappa shape index (κ1) is 9.37. The predicted molar refractivity (Wildman–Crippen MR) is 118 cm³/mol. The standard InChI is InChI=1S/C24H38N2O4/c1-14(2)9-17-13-26-8-7-16-10-21(28-5)22(29-6)11-18(16)19(26)12-20(17)30-24(27)23(25)15(3)4/h10-11,14-15,17,19-20,23H,7-9,12-13,25H2,1-6H3/t17?,19?,20?,23-/m0/s1/i1D3,7D2,8D2,9D2,10D,11D,12D2,13D2,14D,17D/t14?,17?,19?,20?,23-. The molecule has 2 heterocycles. The summed E-state index contributed by atoms with van der Waals surface area (Å²) >= 11 is 0. The van der Waals surface area contributed by atoms with Gasteiger partial charge in [-0.05, 0) is 47.8 Å². The number of piperidine rings is 1. The summed E-state index contributed by atoms with van der Waals surface area (Å²) < 4.78 is 165. The summed E-state index contributed by atoms with van der Waals surface area (Å²) in [6.45, 7) is -8.07. The summed E-state index contributed by atoms with van der Waals surface area (Å²) in [5, 5.41) is 0. The lowest BCUT2D eigenvalue weighted by molar-refractivity contribution is -0.160. The molecule has 2 N–H and O–H groups in total. The minimum Gasteiger partial charge on any atom is -0.493 e. The molecular weight excluding hydrogens is 380 g/mol. The monoisotopic (exact) mass is 435 g/mol. The summed E-state index contributed by atoms with van der Waals surface area (Å²) in [6, 6.07) is -5.91. The topological polar surface area (TPSA) is 74.0 Å². The number of hydrogen-bond acceptors (Lipinski definition) is 6. The van der Waals surface area contributed by atoms with Crippen LogP contribution in [-0.4, -0.2) is 50.2 Å². The van der Waals surface area contributed by atoms with Crippen LogP contribution in [0.5, 0.6) is 11.5 Å². The lowest BCUT2D eigenvalue weighted by Gasteiger charge is -2.47. The average molecular weight is 436 g/mol. The van der Waals surface area contributed by atoms with E-state index in [1.54, 1.807) is 0 Å². The van der Waals surface area contributed by atoms with Gasteiger partial charge >= 0.3 is 5.97 Å². The predicted octanol–water partition coefficient (Wildman–Crippen LogP) is 3.56. The van der Waals surface area contributed by atoms with Crippen molar-refractivity contribution >= 4 is 5.97 Å². The van der Waals surface area contributed by atoms with Gasteiger partial charge in [-0.2, -0.15) is 0 Å². The zero-order chi connectivity index (χ0) is 37.0. The second-order valence-electron chi connectivity index (χ2n) is 7.14. The molecule has 3 rings (SSSR count). The number of fused-ring (bicyclic) bond motifs is 3. The van der Waals surface area contributed by atoms with Crippen molar-refractivity contribution in [3.63, 3.8) is 0 Å². The maximum Gasteiger partial charge on any atom is 0.323 e. The van der Waals surface area contributed by atoms with E-state index in [0.29, 0.717) is 6.92 Å². The van der Waals surface area contributed by atoms with Gasteiger partial charge in [-0.1, -0.05) is 27.6 Å². The molecule has 30 heavy (non-hydrogen) atoms. The van der Waals surface area contributed by atoms with E-state index in [1.807, 2.05) is 0 Å². The Bertz CT molecular complexity index is 1430. The fourth-order valence-corrected chi connectivity index (χ4v) is 2.90. The number of nitrogens with two attached hydrogens (primary N) is 1. The second-order valence-corrected chi connectivity index (χ2v) is 7.14. The maximum absolute atomic E-state index is 13.3. The van der Waals surface area contributed by atoms with Gasteiger partial charge in [0.15, 0.2) is 11.5 Å². The molecular formula is C24H38N2O4. The lowest BCUT2D eigenvalue weighted by Crippen LogP contribution is -2.51. The number of hydrogen-bond donors (Lipinski definition) is 1. The van der Waals surface area contributed by atoms with Crippen LogP contribution in [0.2, 0.25) is 0 Å². The Labute approximate surface area is 204 Å². The summed E-state index contributed by atoms with van der Waals surface area (Å²) in [5.41, 5.74) is 4.10. The first-order valence-corrected chi connectivity index (χ1v) is 9.34. The molecule has 6 nitrogen and oxygen atoms in total. The van der Waals surface area contributed by atoms with Crippen molar-refractivity contribution in [2.24, 2.45) is 23.4 Å². The molecule has 1 aromatic carbocycles. The largest absolute Gasteiger partial charge is 0.493 e. The van der Waals surface area contributed by atoms with E-state index >= 15 is 0 Å². The zero-order valence-electron chi connectivity index (χ0n) is 34.5. The van der Waals surface area contributed by atoms with Crippen molar-refractivity contribution in [1.29, 1.82) is 0 Å². The molecule has 1 fully saturated rings. The highest BCUT2D eigenvalue weighted by atomic mass is 16.5. The Morgan fingerprint density at radius 1 is 1.43 bits per heavy atom. The van der Waals surface area contributed by atoms with Gasteiger partial charge in [-0.25, -0.2) is 0 Å². The number of esters is 1. The zero-order valence-corrected chi connectivity index (χ0v) is 17.5. The smallest absolute Gasteiger partial charge is 0.323 e. The molecule has 0 aromatic heterocycles. The summed E-state index contributed by atoms with van der Waals surface area (Å²) in [4.78, 5) is 13.1. The summed E-state index contributed by atoms with van der Waals surface area (Å²) in [5.74, 6) is -10.8. The lowest BCUT2D eigenvalue weighted by atomic mass is 9.79. The number of methoxy groups -OCH3 is 2. The molecule has 168 valence electrons. The minimum atomic E-state index is -4.07. The van der Waals surface area contributed by atoms with Crippen molar-refractivity contribution in [3.8, 4) is 11.5 Å². The molecule has 0 aliphatic carbocycles. The van der Waals surface area contributed by atoms with Gasteiger partial charge in [-0.3, -0.25) is 9.69 Å². The molecule has 0 radical (unpaired) electrons. The van der Waals surface area contributed by atoms with Crippen molar-refractivity contribution in [3.05, 3.63) is 23.2 Å². The van der Waals surface area contributed by atoms with Crippen molar-refractivity contribution in [2.45, 2.75) is 64.9 Å². The van der Waals surface area contributed by atoms with Crippen LogP contribution in [0.1, 0.15) is 80.8 Å². The Morgan fingerprint density at radius 3 is 2.77 bits per heavy atom. The molecule has 5 atom stereocenters. The molecule has 1 aromatic rings. The number of carbonyl (C=O) groups is 1. The molecule has 0 spiro atoms. The van der Waals surface area contributed by atoms with Crippen molar-refractivity contribution in [2.75, 3.05) is 27.2 Å². The van der Waals surface area contributed by atoms with E-state index in [2.05, 4.69) is 0 Å². The van der Waals surface area contributed by atoms with Crippen LogP contribution < -0.4 is 15.2 Å². The fraction of sp³-hybridized carbons (Fsp3) is 0.708. The van der Waals surface area contributed by atoms with Gasteiger partial charge in [0.05, 0.1) is 17.0 Å². The second kappa shape index (κ2) is 9.56. The molecule has 2 aliphatic rings. The van der Waals surface area contributed by atoms with Crippen molar-refractivity contribution in [1.82, 2.24) is 4.90 Å². The molecule has 0 amide bonds. The van der Waals surface area contributed by atoms with Gasteiger partial charge < -0.3 is 19.9 Å². The molecule has 4 unspecified atom stereocenters. The number of ether oxygens (including phenoxy) is 3. The van der Waals surface area contributed by atoms with Gasteiger partial charge in [0.25, 0.3) is 0 Å². The van der Waals surface area contributed by atoms with Crippen LogP contribution in [0.25, 0.3) is 0 Å². The average Bonchev–Trinajstić information content (AvgIpc) is 2.91. The van der Waals surface area contributed by atoms with Crippen molar-refractivity contribution < 1.29 is 42.3 Å². The van der Waals surface area contributed by atoms with E-state index in [-0.39, 0.29) is 4.90 Å². The first-order chi connectivity index (χ1) is 20.8. The number of rotatable bonds is 7. The third kappa shape index (κ3) is 4.75. The van der Waals surface area contributed by atoms with E-state index in [0.717, 1.165) is 14.2 Å². The van der Waals surface area contributed by atoms with Crippen LogP contribution in [0.15, 0.2) is 12.1 Å². The summed E-state index contributed by atoms with van der Waals surface area (Å²) in [6.07, 6.45) is -14.2. The van der Waals surface area contributed by atoms with Gasteiger partial charge in [0.1, 0.15) is 12.1 Å². The third-order valence-electron chi connectivity index (χ3n) is 4.56. The van der Waals surface area contributed by atoms with E-state index in [1.165, 1.54) is 13.8 Å². The quantitative estimate of drug-likeness (QED) is 0.660. The Hall–Kier alpha value is -1.79. The Kier molecular flexibility index (Phi) is 2.99. The van der Waals surface area contributed by atoms with E-state index in [4.69, 9.17) is 36.4 Å². The van der Waals surface area contributed by atoms with Gasteiger partial charge in [0.2, 0.25) is 0 Å². The Balaban J connectivity index is 2.66. The Morgan fingerprint density at radius 2 is 2.13 bits per heavy atom. The summed E-state index contributed by atoms with van der Waals surface area (Å²) in [7, 11) is 2.09. The molecule has 1 saturated heterocycles. The molecule has 2 aliphatic heterocycles. The van der Waals surface area contributed by atoms with Crippen LogP contribution in [-0.2, 0) is 15.9 Å². The minimum absolute atomic E-state index is 0.168. The number of carbonyl (C=O) groups excluding carboxylic acids is 1. The number of benzene rings is 1. The molecule has 0 bridgehead atoms. The SMILES string of the molecule is [2H]c1c(OC)c(OC)c([2H])c2c1C1N(C([2H])([2H])C2([2H])[2H])C([2H])([2H])C([2H])(C([2H])([2H])C([2H])(C)C([2H])([2H])[2H])C(OC(=O)[C@@H](N)C(C)C)C1([2H])[2H]. The third-order valence-corrected chi connectivity index (χ3v) is 4.56. The van der Waals surface area contributed by atoms with Gasteiger partial charge in [0, 0.05) is 51.9 Å². The van der Waals surface area contributed by atoms with Crippen LogP contribution in [0.3, 0.4) is 0 Å². The van der Waals surface area contributed by atoms with E-state index in [9.17, 15) is 11.6 Å². The molecule has 6 heteroatoms.